The van der Waals surface area contributed by atoms with E-state index in [1.807, 2.05) is 30.3 Å². The second-order valence-electron chi connectivity index (χ2n) is 5.84. The summed E-state index contributed by atoms with van der Waals surface area (Å²) in [4.78, 5) is 10.7. The van der Waals surface area contributed by atoms with Crippen LogP contribution in [0, 0.1) is 6.92 Å². The van der Waals surface area contributed by atoms with E-state index in [2.05, 4.69) is 36.5 Å². The minimum absolute atomic E-state index is 0.631. The van der Waals surface area contributed by atoms with E-state index in [4.69, 9.17) is 5.73 Å². The topological polar surface area (TPSA) is 55.1 Å². The maximum atomic E-state index is 10.7. The van der Waals surface area contributed by atoms with Crippen molar-refractivity contribution in [3.8, 4) is 11.1 Å². The number of aryl methyl sites for hydroxylation is 1. The first-order valence-electron chi connectivity index (χ1n) is 7.91. The molecule has 120 valence electrons. The second-order valence-corrected chi connectivity index (χ2v) is 5.84. The zero-order valence-corrected chi connectivity index (χ0v) is 13.6. The summed E-state index contributed by atoms with van der Waals surface area (Å²) in [5.74, 6) is 0. The molecule has 0 atom stereocenters. The largest absolute Gasteiger partial charge is 0.398 e. The number of nitrogen functional groups attached to an aromatic ring is 1. The van der Waals surface area contributed by atoms with Gasteiger partial charge in [-0.25, -0.2) is 0 Å². The molecule has 3 aromatic carbocycles. The third-order valence-corrected chi connectivity index (χ3v) is 4.09. The molecule has 3 aromatic rings. The number of nitrogens with two attached hydrogens (primary N) is 1. The summed E-state index contributed by atoms with van der Waals surface area (Å²) < 4.78 is 0. The van der Waals surface area contributed by atoms with Gasteiger partial charge in [0.15, 0.2) is 0 Å². The van der Waals surface area contributed by atoms with E-state index in [9.17, 15) is 4.79 Å². The molecule has 3 N–H and O–H groups in total. The Morgan fingerprint density at radius 1 is 0.958 bits per heavy atom. The van der Waals surface area contributed by atoms with Crippen LogP contribution in [0.25, 0.3) is 11.1 Å². The van der Waals surface area contributed by atoms with Gasteiger partial charge in [0.05, 0.1) is 0 Å². The fourth-order valence-corrected chi connectivity index (χ4v) is 2.63. The van der Waals surface area contributed by atoms with Crippen molar-refractivity contribution in [2.45, 2.75) is 13.5 Å². The van der Waals surface area contributed by atoms with Gasteiger partial charge in [-0.2, -0.15) is 0 Å². The van der Waals surface area contributed by atoms with E-state index >= 15 is 0 Å². The van der Waals surface area contributed by atoms with Crippen LogP contribution in [0.5, 0.6) is 0 Å². The van der Waals surface area contributed by atoms with Gasteiger partial charge < -0.3 is 11.1 Å². The third-order valence-electron chi connectivity index (χ3n) is 4.09. The van der Waals surface area contributed by atoms with Gasteiger partial charge in [-0.15, -0.1) is 0 Å². The first-order valence-corrected chi connectivity index (χ1v) is 7.91. The Labute approximate surface area is 142 Å². The van der Waals surface area contributed by atoms with Crippen molar-refractivity contribution in [2.75, 3.05) is 11.1 Å². The molecule has 24 heavy (non-hydrogen) atoms. The van der Waals surface area contributed by atoms with Crippen LogP contribution in [-0.2, 0) is 6.54 Å². The highest BCUT2D eigenvalue weighted by molar-refractivity contribution is 5.79. The molecule has 0 fully saturated rings. The molecule has 0 radical (unpaired) electrons. The molecule has 0 saturated carbocycles. The highest BCUT2D eigenvalue weighted by atomic mass is 16.1. The smallest absolute Gasteiger partial charge is 0.150 e. The van der Waals surface area contributed by atoms with Gasteiger partial charge in [-0.05, 0) is 42.3 Å². The van der Waals surface area contributed by atoms with Crippen LogP contribution in [0.4, 0.5) is 11.4 Å². The first-order chi connectivity index (χ1) is 11.7. The van der Waals surface area contributed by atoms with Gasteiger partial charge in [0, 0.05) is 29.0 Å². The number of carbonyl (C=O) groups excluding carboxylic acids is 1. The summed E-state index contributed by atoms with van der Waals surface area (Å²) in [6.07, 6.45) is 0.840. The van der Waals surface area contributed by atoms with Crippen LogP contribution in [0.3, 0.4) is 0 Å². The summed E-state index contributed by atoms with van der Waals surface area (Å²) in [5.41, 5.74) is 13.2. The van der Waals surface area contributed by atoms with E-state index < -0.39 is 0 Å². The summed E-state index contributed by atoms with van der Waals surface area (Å²) in [7, 11) is 0. The molecular weight excluding hydrogens is 296 g/mol. The normalized spacial score (nSPS) is 10.4. The van der Waals surface area contributed by atoms with Gasteiger partial charge in [-0.1, -0.05) is 48.0 Å². The van der Waals surface area contributed by atoms with Crippen molar-refractivity contribution in [3.05, 3.63) is 83.4 Å². The summed E-state index contributed by atoms with van der Waals surface area (Å²) in [6.45, 7) is 2.70. The zero-order chi connectivity index (χ0) is 16.9. The number of hydrogen-bond donors (Lipinski definition) is 2. The first kappa shape index (κ1) is 15.8. The highest BCUT2D eigenvalue weighted by Crippen LogP contribution is 2.29. The van der Waals surface area contributed by atoms with Gasteiger partial charge in [0.1, 0.15) is 6.29 Å². The number of carbonyl (C=O) groups is 1. The molecule has 0 spiro atoms. The molecule has 0 aromatic heterocycles. The van der Waals surface area contributed by atoms with E-state index in [1.165, 1.54) is 5.56 Å². The lowest BCUT2D eigenvalue weighted by atomic mass is 9.99. The molecule has 0 unspecified atom stereocenters. The van der Waals surface area contributed by atoms with Crippen molar-refractivity contribution in [3.63, 3.8) is 0 Å². The monoisotopic (exact) mass is 316 g/mol. The van der Waals surface area contributed by atoms with Crippen LogP contribution < -0.4 is 11.1 Å². The van der Waals surface area contributed by atoms with Crippen LogP contribution >= 0.6 is 0 Å². The minimum Gasteiger partial charge on any atom is -0.398 e. The van der Waals surface area contributed by atoms with Gasteiger partial charge in [0.25, 0.3) is 0 Å². The van der Waals surface area contributed by atoms with E-state index in [1.54, 1.807) is 12.1 Å². The van der Waals surface area contributed by atoms with Crippen molar-refractivity contribution >= 4 is 17.7 Å². The van der Waals surface area contributed by atoms with Crippen LogP contribution in [0.15, 0.2) is 66.7 Å². The lowest BCUT2D eigenvalue weighted by Gasteiger charge is -2.13. The molecule has 0 aliphatic heterocycles. The minimum atomic E-state index is 0.631. The van der Waals surface area contributed by atoms with Crippen LogP contribution in [-0.4, -0.2) is 6.29 Å². The Bertz CT molecular complexity index is 837. The number of hydrogen-bond acceptors (Lipinski definition) is 3. The molecular formula is C21H20N2O. The number of anilines is 2. The van der Waals surface area contributed by atoms with E-state index in [0.717, 1.165) is 34.4 Å². The molecule has 3 nitrogen and oxygen atoms in total. The maximum Gasteiger partial charge on any atom is 0.150 e. The van der Waals surface area contributed by atoms with Crippen molar-refractivity contribution in [1.29, 1.82) is 0 Å². The summed E-state index contributed by atoms with van der Waals surface area (Å²) >= 11 is 0. The highest BCUT2D eigenvalue weighted by Gasteiger charge is 2.07. The molecule has 0 heterocycles. The fraction of sp³-hybridized carbons (Fsp3) is 0.0952. The lowest BCUT2D eigenvalue weighted by Crippen LogP contribution is -2.04. The molecule has 0 bridgehead atoms. The zero-order valence-electron chi connectivity index (χ0n) is 13.6. The molecule has 3 rings (SSSR count). The molecule has 0 aliphatic rings. The summed E-state index contributed by atoms with van der Waals surface area (Å²) in [6, 6.07) is 21.8. The number of benzene rings is 3. The van der Waals surface area contributed by atoms with Crippen molar-refractivity contribution < 1.29 is 4.79 Å². The van der Waals surface area contributed by atoms with Crippen molar-refractivity contribution in [2.24, 2.45) is 0 Å². The Hall–Kier alpha value is -3.07. The quantitative estimate of drug-likeness (QED) is 0.531. The second kappa shape index (κ2) is 7.01. The Morgan fingerprint density at radius 3 is 2.33 bits per heavy atom. The lowest BCUT2D eigenvalue weighted by molar-refractivity contribution is 0.112. The van der Waals surface area contributed by atoms with Crippen LogP contribution in [0.2, 0.25) is 0 Å². The number of para-hydroxylation sites is 1. The fourth-order valence-electron chi connectivity index (χ4n) is 2.63. The SMILES string of the molecule is Cc1ccc(-c2cccc(CNc3ccc(C=O)cc3)c2N)cc1. The standard InChI is InChI=1S/C21H20N2O/c1-15-5-9-17(10-6-15)20-4-2-3-18(21(20)22)13-23-19-11-7-16(14-24)8-12-19/h2-12,14,23H,13,22H2,1H3. The number of aldehydes is 1. The van der Waals surface area contributed by atoms with E-state index in [0.29, 0.717) is 12.1 Å². The maximum absolute atomic E-state index is 10.7. The Morgan fingerprint density at radius 2 is 1.67 bits per heavy atom. The molecule has 0 amide bonds. The summed E-state index contributed by atoms with van der Waals surface area (Å²) in [5, 5.41) is 3.34. The predicted octanol–water partition coefficient (Wildman–Crippen LogP) is 4.67. The molecule has 3 heteroatoms. The average Bonchev–Trinajstić information content (AvgIpc) is 2.62. The van der Waals surface area contributed by atoms with E-state index in [-0.39, 0.29) is 0 Å². The number of nitrogens with one attached hydrogen (secondary N) is 1. The molecule has 0 aliphatic carbocycles. The predicted molar refractivity (Wildman–Crippen MR) is 100 cm³/mol. The third kappa shape index (κ3) is 3.46. The van der Waals surface area contributed by atoms with Gasteiger partial charge in [0.2, 0.25) is 0 Å². The molecule has 0 saturated heterocycles. The van der Waals surface area contributed by atoms with Crippen molar-refractivity contribution in [1.82, 2.24) is 0 Å². The van der Waals surface area contributed by atoms with Crippen LogP contribution in [0.1, 0.15) is 21.5 Å². The van der Waals surface area contributed by atoms with Gasteiger partial charge >= 0.3 is 0 Å². The average molecular weight is 316 g/mol. The Kier molecular flexibility index (Phi) is 4.62. The number of rotatable bonds is 5. The van der Waals surface area contributed by atoms with Gasteiger partial charge in [-0.3, -0.25) is 4.79 Å². The Balaban J connectivity index is 1.79.